The van der Waals surface area contributed by atoms with Crippen LogP contribution in [0.15, 0.2) is 34.1 Å². The average Bonchev–Trinajstić information content (AvgIpc) is 3.20. The van der Waals surface area contributed by atoms with Gasteiger partial charge in [-0.25, -0.2) is 0 Å². The van der Waals surface area contributed by atoms with Gasteiger partial charge in [-0.15, -0.1) is 10.2 Å². The minimum atomic E-state index is -0.217. The Labute approximate surface area is 150 Å². The van der Waals surface area contributed by atoms with Crippen molar-refractivity contribution in [1.29, 1.82) is 0 Å². The molecule has 2 heterocycles. The van der Waals surface area contributed by atoms with Gasteiger partial charge in [0, 0.05) is 5.69 Å². The smallest absolute Gasteiger partial charge is 0.289 e. The summed E-state index contributed by atoms with van der Waals surface area (Å²) in [5, 5.41) is 10.1. The van der Waals surface area contributed by atoms with Crippen LogP contribution in [0.3, 0.4) is 0 Å². The number of aromatic nitrogens is 2. The first-order chi connectivity index (χ1) is 11.6. The fourth-order valence-corrected chi connectivity index (χ4v) is 3.97. The van der Waals surface area contributed by atoms with E-state index in [1.165, 1.54) is 28.0 Å². The maximum atomic E-state index is 11.9. The summed E-state index contributed by atoms with van der Waals surface area (Å²) in [6.07, 6.45) is 0. The van der Waals surface area contributed by atoms with Crippen molar-refractivity contribution in [3.05, 3.63) is 35.3 Å². The summed E-state index contributed by atoms with van der Waals surface area (Å²) in [4.78, 5) is 36.3. The third-order valence-corrected chi connectivity index (χ3v) is 5.80. The van der Waals surface area contributed by atoms with Crippen LogP contribution in [0.4, 0.5) is 10.5 Å². The van der Waals surface area contributed by atoms with Crippen LogP contribution >= 0.6 is 34.9 Å². The summed E-state index contributed by atoms with van der Waals surface area (Å²) >= 11 is 3.73. The van der Waals surface area contributed by atoms with E-state index >= 15 is 0 Å². The maximum absolute atomic E-state index is 11.9. The maximum Gasteiger partial charge on any atom is 0.289 e. The van der Waals surface area contributed by atoms with E-state index < -0.39 is 0 Å². The fourth-order valence-electron chi connectivity index (χ4n) is 1.96. The van der Waals surface area contributed by atoms with Gasteiger partial charge < -0.3 is 5.32 Å². The average molecular weight is 380 g/mol. The zero-order valence-corrected chi connectivity index (χ0v) is 14.7. The number of imide groups is 1. The van der Waals surface area contributed by atoms with Crippen molar-refractivity contribution in [3.8, 4) is 0 Å². The van der Waals surface area contributed by atoms with Crippen LogP contribution in [0.25, 0.3) is 0 Å². The molecule has 1 aromatic heterocycles. The SMILES string of the molecule is O=C(CSc1nncs1)Nc1ccc(CN2C(=O)CSC2=O)cc1. The van der Waals surface area contributed by atoms with Crippen LogP contribution in [0.5, 0.6) is 0 Å². The Balaban J connectivity index is 1.51. The molecule has 0 bridgehead atoms. The lowest BCUT2D eigenvalue weighted by Crippen LogP contribution is -2.27. The molecule has 10 heteroatoms. The number of hydrogen-bond donors (Lipinski definition) is 1. The molecular weight excluding hydrogens is 368 g/mol. The van der Waals surface area contributed by atoms with Gasteiger partial charge >= 0.3 is 0 Å². The zero-order valence-electron chi connectivity index (χ0n) is 12.3. The predicted molar refractivity (Wildman–Crippen MR) is 94.1 cm³/mol. The number of benzene rings is 1. The molecular formula is C14H12N4O3S3. The summed E-state index contributed by atoms with van der Waals surface area (Å²) in [7, 11) is 0. The van der Waals surface area contributed by atoms with E-state index in [1.54, 1.807) is 29.8 Å². The minimum absolute atomic E-state index is 0.135. The standard InChI is InChI=1S/C14H12N4O3S3/c19-11(6-22-13-17-15-8-24-13)16-10-3-1-9(2-4-10)5-18-12(20)7-23-14(18)21/h1-4,8H,5-7H2,(H,16,19). The Morgan fingerprint density at radius 1 is 1.29 bits per heavy atom. The summed E-state index contributed by atoms with van der Waals surface area (Å²) in [5.41, 5.74) is 3.11. The highest BCUT2D eigenvalue weighted by Crippen LogP contribution is 2.22. The Bertz CT molecular complexity index is 733. The molecule has 0 spiro atoms. The molecule has 24 heavy (non-hydrogen) atoms. The number of carbonyl (C=O) groups excluding carboxylic acids is 3. The Hall–Kier alpha value is -1.91. The highest BCUT2D eigenvalue weighted by Gasteiger charge is 2.29. The number of rotatable bonds is 6. The van der Waals surface area contributed by atoms with Crippen LogP contribution in [0.2, 0.25) is 0 Å². The number of hydrogen-bond acceptors (Lipinski definition) is 8. The highest BCUT2D eigenvalue weighted by molar-refractivity contribution is 8.14. The van der Waals surface area contributed by atoms with E-state index in [4.69, 9.17) is 0 Å². The van der Waals surface area contributed by atoms with Gasteiger partial charge in [-0.1, -0.05) is 47.0 Å². The van der Waals surface area contributed by atoms with Crippen LogP contribution in [0, 0.1) is 0 Å². The van der Waals surface area contributed by atoms with Gasteiger partial charge in [0.25, 0.3) is 5.24 Å². The molecule has 1 N–H and O–H groups in total. The number of amides is 3. The summed E-state index contributed by atoms with van der Waals surface area (Å²) in [6, 6.07) is 7.08. The van der Waals surface area contributed by atoms with Gasteiger partial charge in [-0.3, -0.25) is 19.3 Å². The van der Waals surface area contributed by atoms with Gasteiger partial charge in [0.2, 0.25) is 11.8 Å². The van der Waals surface area contributed by atoms with Gasteiger partial charge in [-0.05, 0) is 17.7 Å². The lowest BCUT2D eigenvalue weighted by molar-refractivity contribution is -0.125. The molecule has 1 aliphatic heterocycles. The summed E-state index contributed by atoms with van der Waals surface area (Å²) < 4.78 is 0.748. The Kier molecular flexibility index (Phi) is 5.48. The van der Waals surface area contributed by atoms with E-state index in [9.17, 15) is 14.4 Å². The second-order valence-corrected chi connectivity index (χ2v) is 7.76. The number of thioether (sulfide) groups is 2. The normalized spacial score (nSPS) is 14.2. The second kappa shape index (κ2) is 7.77. The topological polar surface area (TPSA) is 92.3 Å². The first-order valence-corrected chi connectivity index (χ1v) is 9.72. The second-order valence-electron chi connectivity index (χ2n) is 4.77. The number of nitrogens with zero attached hydrogens (tertiary/aromatic N) is 3. The van der Waals surface area contributed by atoms with Gasteiger partial charge in [-0.2, -0.15) is 0 Å². The van der Waals surface area contributed by atoms with Crippen molar-refractivity contribution >= 4 is 57.6 Å². The largest absolute Gasteiger partial charge is 0.325 e. The number of nitrogens with one attached hydrogen (secondary N) is 1. The molecule has 1 saturated heterocycles. The predicted octanol–water partition coefficient (Wildman–Crippen LogP) is 2.46. The first kappa shape index (κ1) is 16.9. The van der Waals surface area contributed by atoms with Crippen molar-refractivity contribution in [1.82, 2.24) is 15.1 Å². The van der Waals surface area contributed by atoms with Crippen molar-refractivity contribution in [2.75, 3.05) is 16.8 Å². The molecule has 0 unspecified atom stereocenters. The third kappa shape index (κ3) is 4.34. The van der Waals surface area contributed by atoms with E-state index in [1.807, 2.05) is 0 Å². The Morgan fingerprint density at radius 3 is 2.71 bits per heavy atom. The van der Waals surface area contributed by atoms with E-state index in [0.29, 0.717) is 5.69 Å². The van der Waals surface area contributed by atoms with Crippen LogP contribution in [-0.2, 0) is 16.1 Å². The summed E-state index contributed by atoms with van der Waals surface area (Å²) in [6.45, 7) is 0.256. The molecule has 7 nitrogen and oxygen atoms in total. The molecule has 0 aliphatic carbocycles. The molecule has 3 amide bonds. The molecule has 1 fully saturated rings. The quantitative estimate of drug-likeness (QED) is 0.770. The molecule has 1 aliphatic rings. The molecule has 2 aromatic rings. The number of carbonyl (C=O) groups is 3. The highest BCUT2D eigenvalue weighted by atomic mass is 32.2. The zero-order chi connectivity index (χ0) is 16.9. The van der Waals surface area contributed by atoms with Crippen LogP contribution < -0.4 is 5.32 Å². The fraction of sp³-hybridized carbons (Fsp3) is 0.214. The molecule has 0 saturated carbocycles. The lowest BCUT2D eigenvalue weighted by Gasteiger charge is -2.13. The molecule has 0 radical (unpaired) electrons. The van der Waals surface area contributed by atoms with Crippen molar-refractivity contribution in [3.63, 3.8) is 0 Å². The van der Waals surface area contributed by atoms with Crippen LogP contribution in [0.1, 0.15) is 5.56 Å². The first-order valence-electron chi connectivity index (χ1n) is 6.87. The Morgan fingerprint density at radius 2 is 2.08 bits per heavy atom. The lowest BCUT2D eigenvalue weighted by atomic mass is 10.2. The summed E-state index contributed by atoms with van der Waals surface area (Å²) in [5.74, 6) is 0.157. The van der Waals surface area contributed by atoms with Crippen molar-refractivity contribution in [2.45, 2.75) is 10.9 Å². The molecule has 124 valence electrons. The van der Waals surface area contributed by atoms with Crippen molar-refractivity contribution in [2.24, 2.45) is 0 Å². The van der Waals surface area contributed by atoms with Gasteiger partial charge in [0.05, 0.1) is 18.1 Å². The van der Waals surface area contributed by atoms with Gasteiger partial charge in [0.15, 0.2) is 4.34 Å². The molecule has 1 aromatic carbocycles. The van der Waals surface area contributed by atoms with E-state index in [2.05, 4.69) is 15.5 Å². The van der Waals surface area contributed by atoms with E-state index in [-0.39, 0.29) is 35.1 Å². The van der Waals surface area contributed by atoms with Crippen molar-refractivity contribution < 1.29 is 14.4 Å². The van der Waals surface area contributed by atoms with E-state index in [0.717, 1.165) is 21.7 Å². The molecule has 3 rings (SSSR count). The monoisotopic (exact) mass is 380 g/mol. The van der Waals surface area contributed by atoms with Crippen LogP contribution in [-0.4, -0.2) is 43.7 Å². The molecule has 0 atom stereocenters. The minimum Gasteiger partial charge on any atom is -0.325 e. The van der Waals surface area contributed by atoms with Gasteiger partial charge in [0.1, 0.15) is 5.51 Å². The third-order valence-electron chi connectivity index (χ3n) is 3.09. The number of anilines is 1.